The number of benzene rings is 2. The minimum atomic E-state index is -0.399. The van der Waals surface area contributed by atoms with Crippen molar-refractivity contribution in [2.75, 3.05) is 37.2 Å². The molecule has 0 aliphatic carbocycles. The molecule has 0 unspecified atom stereocenters. The highest BCUT2D eigenvalue weighted by Crippen LogP contribution is 2.34. The Hall–Kier alpha value is -4.01. The minimum absolute atomic E-state index is 0.295. The first-order valence-electron chi connectivity index (χ1n) is 9.19. The summed E-state index contributed by atoms with van der Waals surface area (Å²) in [7, 11) is 3.15. The third-order valence-electron chi connectivity index (χ3n) is 4.18. The van der Waals surface area contributed by atoms with E-state index in [2.05, 4.69) is 20.6 Å². The molecule has 0 atom stereocenters. The number of rotatable bonds is 8. The van der Waals surface area contributed by atoms with Crippen LogP contribution in [0.25, 0.3) is 0 Å². The molecule has 0 fully saturated rings. The van der Waals surface area contributed by atoms with Gasteiger partial charge in [0, 0.05) is 11.8 Å². The van der Waals surface area contributed by atoms with Gasteiger partial charge in [-0.15, -0.1) is 0 Å². The zero-order valence-electron chi connectivity index (χ0n) is 16.9. The molecule has 0 bridgehead atoms. The quantitative estimate of drug-likeness (QED) is 0.478. The largest absolute Gasteiger partial charge is 0.497 e. The summed E-state index contributed by atoms with van der Waals surface area (Å²) in [5, 5.41) is 6.25. The smallest absolute Gasteiger partial charge is 0.338 e. The number of nitrogens with zero attached hydrogens (tertiary/aromatic N) is 2. The van der Waals surface area contributed by atoms with Crippen LogP contribution in [-0.4, -0.2) is 36.8 Å². The number of hydrogen-bond donors (Lipinski definition) is 3. The van der Waals surface area contributed by atoms with Crippen LogP contribution in [0.2, 0.25) is 0 Å². The van der Waals surface area contributed by atoms with E-state index in [1.807, 2.05) is 0 Å². The molecule has 1 heterocycles. The van der Waals surface area contributed by atoms with Gasteiger partial charge in [0.05, 0.1) is 32.1 Å². The van der Waals surface area contributed by atoms with Gasteiger partial charge in [-0.3, -0.25) is 0 Å². The van der Waals surface area contributed by atoms with E-state index in [0.29, 0.717) is 52.4 Å². The normalized spacial score (nSPS) is 10.2. The van der Waals surface area contributed by atoms with Gasteiger partial charge in [-0.05, 0) is 37.3 Å². The molecule has 0 radical (unpaired) electrons. The van der Waals surface area contributed by atoms with Gasteiger partial charge in [0.15, 0.2) is 11.6 Å². The lowest BCUT2D eigenvalue weighted by Gasteiger charge is -2.15. The number of carbonyl (C=O) groups is 1. The van der Waals surface area contributed by atoms with Gasteiger partial charge in [-0.2, -0.15) is 0 Å². The van der Waals surface area contributed by atoms with E-state index in [-0.39, 0.29) is 0 Å². The van der Waals surface area contributed by atoms with Crippen LogP contribution in [0, 0.1) is 0 Å². The number of nitrogens with one attached hydrogen (secondary N) is 2. The molecule has 3 aromatic rings. The van der Waals surface area contributed by atoms with E-state index in [9.17, 15) is 4.79 Å². The Labute approximate surface area is 174 Å². The first-order valence-corrected chi connectivity index (χ1v) is 9.19. The lowest BCUT2D eigenvalue weighted by molar-refractivity contribution is 0.0526. The Morgan fingerprint density at radius 2 is 1.80 bits per heavy atom. The number of esters is 1. The average molecular weight is 409 g/mol. The monoisotopic (exact) mass is 409 g/mol. The fourth-order valence-electron chi connectivity index (χ4n) is 2.71. The van der Waals surface area contributed by atoms with Gasteiger partial charge in [-0.1, -0.05) is 6.07 Å². The van der Waals surface area contributed by atoms with Crippen LogP contribution in [0.1, 0.15) is 17.3 Å². The fourth-order valence-corrected chi connectivity index (χ4v) is 2.71. The highest BCUT2D eigenvalue weighted by molar-refractivity contribution is 5.91. The predicted molar refractivity (Wildman–Crippen MR) is 115 cm³/mol. The molecule has 9 nitrogen and oxygen atoms in total. The van der Waals surface area contributed by atoms with Crippen molar-refractivity contribution in [1.82, 2.24) is 9.97 Å². The highest BCUT2D eigenvalue weighted by atomic mass is 16.5. The topological polar surface area (TPSA) is 121 Å². The van der Waals surface area contributed by atoms with E-state index in [1.54, 1.807) is 63.6 Å². The average Bonchev–Trinajstić information content (AvgIpc) is 2.77. The van der Waals surface area contributed by atoms with Crippen molar-refractivity contribution in [1.29, 1.82) is 0 Å². The van der Waals surface area contributed by atoms with Gasteiger partial charge in [0.25, 0.3) is 0 Å². The maximum absolute atomic E-state index is 12.0. The fraction of sp³-hybridized carbons (Fsp3) is 0.190. The molecule has 0 amide bonds. The molecule has 156 valence electrons. The van der Waals surface area contributed by atoms with Gasteiger partial charge < -0.3 is 30.6 Å². The molecule has 0 spiro atoms. The predicted octanol–water partition coefficient (Wildman–Crippen LogP) is 3.74. The first kappa shape index (κ1) is 20.7. The number of nitrogen functional groups attached to an aromatic ring is 1. The van der Waals surface area contributed by atoms with Crippen LogP contribution in [0.3, 0.4) is 0 Å². The van der Waals surface area contributed by atoms with Crippen molar-refractivity contribution in [3.8, 4) is 11.5 Å². The Morgan fingerprint density at radius 1 is 1.03 bits per heavy atom. The molecule has 0 saturated heterocycles. The molecule has 4 N–H and O–H groups in total. The van der Waals surface area contributed by atoms with Crippen molar-refractivity contribution >= 4 is 34.7 Å². The number of nitrogens with two attached hydrogens (primary N) is 1. The third kappa shape index (κ3) is 4.69. The standard InChI is InChI=1S/C21H23N5O4/c1-4-30-21(27)13-6-5-7-14(10-13)25-19-18(22)20(24-12-23-19)26-16-11-15(28-2)8-9-17(16)29-3/h5-12H,4,22H2,1-3H3,(H2,23,24,25,26). The molecule has 2 aromatic carbocycles. The summed E-state index contributed by atoms with van der Waals surface area (Å²) in [4.78, 5) is 20.4. The Balaban J connectivity index is 1.86. The zero-order valence-corrected chi connectivity index (χ0v) is 16.9. The lowest BCUT2D eigenvalue weighted by Crippen LogP contribution is -2.07. The zero-order chi connectivity index (χ0) is 21.5. The molecule has 9 heteroatoms. The van der Waals surface area contributed by atoms with E-state index in [4.69, 9.17) is 19.9 Å². The molecule has 3 rings (SSSR count). The second-order valence-corrected chi connectivity index (χ2v) is 6.10. The molecule has 0 aliphatic heterocycles. The van der Waals surface area contributed by atoms with Gasteiger partial charge >= 0.3 is 5.97 Å². The van der Waals surface area contributed by atoms with E-state index in [1.165, 1.54) is 6.33 Å². The van der Waals surface area contributed by atoms with Crippen LogP contribution < -0.4 is 25.8 Å². The van der Waals surface area contributed by atoms with Gasteiger partial charge in [0.1, 0.15) is 23.5 Å². The summed E-state index contributed by atoms with van der Waals surface area (Å²) < 4.78 is 15.7. The van der Waals surface area contributed by atoms with E-state index in [0.717, 1.165) is 0 Å². The van der Waals surface area contributed by atoms with E-state index < -0.39 is 5.97 Å². The molecule has 0 aliphatic rings. The summed E-state index contributed by atoms with van der Waals surface area (Å²) >= 11 is 0. The number of ether oxygens (including phenoxy) is 3. The van der Waals surface area contributed by atoms with Crippen molar-refractivity contribution in [3.05, 3.63) is 54.4 Å². The summed E-state index contributed by atoms with van der Waals surface area (Å²) in [6.45, 7) is 2.06. The number of methoxy groups -OCH3 is 2. The van der Waals surface area contributed by atoms with Gasteiger partial charge in [-0.25, -0.2) is 14.8 Å². The molecule has 30 heavy (non-hydrogen) atoms. The SMILES string of the molecule is CCOC(=O)c1cccc(Nc2ncnc(Nc3cc(OC)ccc3OC)c2N)c1. The van der Waals surface area contributed by atoms with Gasteiger partial charge in [0.2, 0.25) is 0 Å². The number of carbonyl (C=O) groups excluding carboxylic acids is 1. The van der Waals surface area contributed by atoms with Crippen molar-refractivity contribution in [3.63, 3.8) is 0 Å². The van der Waals surface area contributed by atoms with Crippen LogP contribution in [-0.2, 0) is 4.74 Å². The maximum Gasteiger partial charge on any atom is 0.338 e. The van der Waals surface area contributed by atoms with Crippen LogP contribution in [0.5, 0.6) is 11.5 Å². The highest BCUT2D eigenvalue weighted by Gasteiger charge is 2.13. The number of hydrogen-bond acceptors (Lipinski definition) is 9. The van der Waals surface area contributed by atoms with Crippen LogP contribution >= 0.6 is 0 Å². The summed E-state index contributed by atoms with van der Waals surface area (Å²) in [5.41, 5.74) is 8.26. The molecule has 0 saturated carbocycles. The van der Waals surface area contributed by atoms with Crippen molar-refractivity contribution < 1.29 is 19.0 Å². The maximum atomic E-state index is 12.0. The molecule has 1 aromatic heterocycles. The van der Waals surface area contributed by atoms with Crippen LogP contribution in [0.15, 0.2) is 48.8 Å². The Morgan fingerprint density at radius 3 is 2.50 bits per heavy atom. The first-order chi connectivity index (χ1) is 14.5. The second kappa shape index (κ2) is 9.46. The number of aromatic nitrogens is 2. The van der Waals surface area contributed by atoms with Crippen molar-refractivity contribution in [2.45, 2.75) is 6.92 Å². The van der Waals surface area contributed by atoms with E-state index >= 15 is 0 Å². The summed E-state index contributed by atoms with van der Waals surface area (Å²) in [5.74, 6) is 1.63. The summed E-state index contributed by atoms with van der Waals surface area (Å²) in [6, 6.07) is 12.2. The molecular formula is C21H23N5O4. The van der Waals surface area contributed by atoms with Crippen molar-refractivity contribution in [2.24, 2.45) is 0 Å². The number of anilines is 5. The molecular weight excluding hydrogens is 386 g/mol. The third-order valence-corrected chi connectivity index (χ3v) is 4.18. The Kier molecular flexibility index (Phi) is 6.53. The second-order valence-electron chi connectivity index (χ2n) is 6.10. The van der Waals surface area contributed by atoms with Crippen LogP contribution in [0.4, 0.5) is 28.7 Å². The summed E-state index contributed by atoms with van der Waals surface area (Å²) in [6.07, 6.45) is 1.38. The minimum Gasteiger partial charge on any atom is -0.497 e. The Bertz CT molecular complexity index is 1040. The lowest BCUT2D eigenvalue weighted by atomic mass is 10.2.